The Bertz CT molecular complexity index is 1290. The molecule has 6 nitrogen and oxygen atoms in total. The van der Waals surface area contributed by atoms with Crippen molar-refractivity contribution < 1.29 is 4.74 Å². The van der Waals surface area contributed by atoms with Crippen LogP contribution in [0.3, 0.4) is 0 Å². The van der Waals surface area contributed by atoms with Gasteiger partial charge in [0.15, 0.2) is 5.65 Å². The normalized spacial score (nSPS) is 10.9. The van der Waals surface area contributed by atoms with E-state index in [1.807, 2.05) is 12.1 Å². The van der Waals surface area contributed by atoms with Crippen molar-refractivity contribution >= 4 is 22.6 Å². The van der Waals surface area contributed by atoms with E-state index in [9.17, 15) is 9.59 Å². The van der Waals surface area contributed by atoms with Crippen molar-refractivity contribution in [2.75, 3.05) is 7.11 Å². The van der Waals surface area contributed by atoms with Gasteiger partial charge in [-0.15, -0.1) is 0 Å². The van der Waals surface area contributed by atoms with E-state index in [4.69, 9.17) is 16.3 Å². The zero-order chi connectivity index (χ0) is 19.7. The molecular formula is C21H16ClN3O3. The number of aromatic nitrogens is 3. The number of benzene rings is 2. The molecule has 0 amide bonds. The molecule has 2 aromatic carbocycles. The summed E-state index contributed by atoms with van der Waals surface area (Å²) < 4.78 is 7.97. The largest absolute Gasteiger partial charge is 0.495 e. The van der Waals surface area contributed by atoms with Gasteiger partial charge in [0.05, 0.1) is 24.7 Å². The van der Waals surface area contributed by atoms with Crippen molar-refractivity contribution in [2.24, 2.45) is 0 Å². The van der Waals surface area contributed by atoms with Crippen LogP contribution in [0.2, 0.25) is 5.02 Å². The molecule has 0 aliphatic rings. The Balaban J connectivity index is 2.07. The lowest BCUT2D eigenvalue weighted by Gasteiger charge is -2.16. The molecule has 0 spiro atoms. The minimum atomic E-state index is -0.513. The summed E-state index contributed by atoms with van der Waals surface area (Å²) in [6, 6.07) is 17.5. The summed E-state index contributed by atoms with van der Waals surface area (Å²) in [4.78, 5) is 30.7. The summed E-state index contributed by atoms with van der Waals surface area (Å²) in [5.74, 6) is 0.500. The molecule has 2 heterocycles. The number of para-hydroxylation sites is 2. The molecule has 0 N–H and O–H groups in total. The molecule has 4 rings (SSSR count). The van der Waals surface area contributed by atoms with Gasteiger partial charge in [-0.2, -0.15) is 0 Å². The van der Waals surface area contributed by atoms with E-state index in [2.05, 4.69) is 4.98 Å². The van der Waals surface area contributed by atoms with Crippen molar-refractivity contribution in [2.45, 2.75) is 6.54 Å². The summed E-state index contributed by atoms with van der Waals surface area (Å²) in [7, 11) is 1.53. The number of pyridine rings is 1. The van der Waals surface area contributed by atoms with Crippen molar-refractivity contribution in [3.05, 3.63) is 98.3 Å². The molecule has 7 heteroatoms. The van der Waals surface area contributed by atoms with Gasteiger partial charge in [-0.3, -0.25) is 9.36 Å². The Morgan fingerprint density at radius 1 is 1.00 bits per heavy atom. The highest BCUT2D eigenvalue weighted by Gasteiger charge is 2.18. The standard InChI is InChI=1S/C21H16ClN3O3/c1-28-18-11-5-4-10-17(18)25-19-15(8-6-12-23-19)20(26)24(21(25)27)13-14-7-2-3-9-16(14)22/h2-12H,13H2,1H3. The van der Waals surface area contributed by atoms with Crippen molar-refractivity contribution in [1.82, 2.24) is 14.1 Å². The first kappa shape index (κ1) is 18.0. The van der Waals surface area contributed by atoms with Crippen molar-refractivity contribution in [3.63, 3.8) is 0 Å². The van der Waals surface area contributed by atoms with Gasteiger partial charge in [0.25, 0.3) is 5.56 Å². The highest BCUT2D eigenvalue weighted by molar-refractivity contribution is 6.31. The van der Waals surface area contributed by atoms with Crippen LogP contribution in [0.15, 0.2) is 76.4 Å². The van der Waals surface area contributed by atoms with Crippen LogP contribution < -0.4 is 16.0 Å². The Morgan fingerprint density at radius 2 is 1.75 bits per heavy atom. The molecule has 0 atom stereocenters. The number of rotatable bonds is 4. The van der Waals surface area contributed by atoms with E-state index < -0.39 is 11.2 Å². The van der Waals surface area contributed by atoms with E-state index in [0.717, 1.165) is 4.57 Å². The summed E-state index contributed by atoms with van der Waals surface area (Å²) in [5, 5.41) is 0.823. The molecule has 0 radical (unpaired) electrons. The fourth-order valence-corrected chi connectivity index (χ4v) is 3.35. The van der Waals surface area contributed by atoms with E-state index in [1.165, 1.54) is 11.7 Å². The second-order valence-electron chi connectivity index (χ2n) is 6.15. The smallest absolute Gasteiger partial charge is 0.337 e. The molecule has 4 aromatic rings. The van der Waals surface area contributed by atoms with Crippen LogP contribution in [0, 0.1) is 0 Å². The summed E-state index contributed by atoms with van der Waals surface area (Å²) in [6.45, 7) is 0.0529. The van der Waals surface area contributed by atoms with Crippen LogP contribution in [0.4, 0.5) is 0 Å². The third-order valence-corrected chi connectivity index (χ3v) is 4.88. The highest BCUT2D eigenvalue weighted by Crippen LogP contribution is 2.23. The zero-order valence-electron chi connectivity index (χ0n) is 15.0. The molecule has 0 unspecified atom stereocenters. The van der Waals surface area contributed by atoms with Gasteiger partial charge in [0, 0.05) is 11.2 Å². The molecule has 0 saturated heterocycles. The van der Waals surface area contributed by atoms with Crippen LogP contribution in [-0.4, -0.2) is 21.2 Å². The molecule has 140 valence electrons. The Kier molecular flexibility index (Phi) is 4.71. The predicted molar refractivity (Wildman–Crippen MR) is 109 cm³/mol. The monoisotopic (exact) mass is 393 g/mol. The van der Waals surface area contributed by atoms with Gasteiger partial charge in [-0.25, -0.2) is 14.3 Å². The first-order chi connectivity index (χ1) is 13.6. The highest BCUT2D eigenvalue weighted by atomic mass is 35.5. The van der Waals surface area contributed by atoms with Gasteiger partial charge < -0.3 is 4.74 Å². The summed E-state index contributed by atoms with van der Waals surface area (Å²) in [5.41, 5.74) is 0.530. The molecule has 0 saturated carbocycles. The summed E-state index contributed by atoms with van der Waals surface area (Å²) in [6.07, 6.45) is 1.55. The third kappa shape index (κ3) is 2.97. The number of ether oxygens (including phenoxy) is 1. The van der Waals surface area contributed by atoms with Gasteiger partial charge in [0.1, 0.15) is 5.75 Å². The average molecular weight is 394 g/mol. The lowest BCUT2D eigenvalue weighted by molar-refractivity contribution is 0.412. The fourth-order valence-electron chi connectivity index (χ4n) is 3.15. The zero-order valence-corrected chi connectivity index (χ0v) is 15.8. The lowest BCUT2D eigenvalue weighted by Crippen LogP contribution is -2.40. The second-order valence-corrected chi connectivity index (χ2v) is 6.55. The van der Waals surface area contributed by atoms with Crippen molar-refractivity contribution in [1.29, 1.82) is 0 Å². The van der Waals surface area contributed by atoms with Crippen LogP contribution in [-0.2, 0) is 6.54 Å². The van der Waals surface area contributed by atoms with Crippen LogP contribution in [0.25, 0.3) is 16.7 Å². The van der Waals surface area contributed by atoms with Gasteiger partial charge >= 0.3 is 5.69 Å². The Morgan fingerprint density at radius 3 is 2.54 bits per heavy atom. The Hall–Kier alpha value is -3.38. The molecular weight excluding hydrogens is 378 g/mol. The van der Waals surface area contributed by atoms with E-state index in [0.29, 0.717) is 27.4 Å². The van der Waals surface area contributed by atoms with Crippen LogP contribution in [0.1, 0.15) is 5.56 Å². The second kappa shape index (κ2) is 7.32. The minimum absolute atomic E-state index is 0.0529. The molecule has 0 aliphatic carbocycles. The third-order valence-electron chi connectivity index (χ3n) is 4.51. The first-order valence-corrected chi connectivity index (χ1v) is 8.97. The van der Waals surface area contributed by atoms with E-state index >= 15 is 0 Å². The average Bonchev–Trinajstić information content (AvgIpc) is 2.73. The van der Waals surface area contributed by atoms with Gasteiger partial charge in [0.2, 0.25) is 0 Å². The first-order valence-electron chi connectivity index (χ1n) is 8.59. The maximum atomic E-state index is 13.4. The topological polar surface area (TPSA) is 66.1 Å². The number of hydrogen-bond donors (Lipinski definition) is 0. The number of fused-ring (bicyclic) bond motifs is 1. The quantitative estimate of drug-likeness (QED) is 0.533. The maximum absolute atomic E-state index is 13.4. The molecule has 0 bridgehead atoms. The van der Waals surface area contributed by atoms with Crippen LogP contribution in [0.5, 0.6) is 5.75 Å². The molecule has 2 aromatic heterocycles. The maximum Gasteiger partial charge on any atom is 0.337 e. The summed E-state index contributed by atoms with van der Waals surface area (Å²) >= 11 is 6.24. The molecule has 28 heavy (non-hydrogen) atoms. The fraction of sp³-hybridized carbons (Fsp3) is 0.0952. The van der Waals surface area contributed by atoms with E-state index in [1.54, 1.807) is 54.7 Å². The molecule has 0 fully saturated rings. The number of hydrogen-bond acceptors (Lipinski definition) is 4. The van der Waals surface area contributed by atoms with Crippen molar-refractivity contribution in [3.8, 4) is 11.4 Å². The molecule has 0 aliphatic heterocycles. The number of methoxy groups -OCH3 is 1. The number of halogens is 1. The SMILES string of the molecule is COc1ccccc1-n1c(=O)n(Cc2ccccc2Cl)c(=O)c2cccnc21. The van der Waals surface area contributed by atoms with Crippen LogP contribution >= 0.6 is 11.6 Å². The van der Waals surface area contributed by atoms with Gasteiger partial charge in [-0.05, 0) is 35.9 Å². The number of nitrogens with zero attached hydrogens (tertiary/aromatic N) is 3. The lowest BCUT2D eigenvalue weighted by atomic mass is 10.2. The minimum Gasteiger partial charge on any atom is -0.495 e. The predicted octanol–water partition coefficient (Wildman–Crippen LogP) is 3.26. The van der Waals surface area contributed by atoms with Gasteiger partial charge in [-0.1, -0.05) is 41.9 Å². The van der Waals surface area contributed by atoms with E-state index in [-0.39, 0.29) is 12.2 Å². The Labute approximate surface area is 165 Å².